The van der Waals surface area contributed by atoms with Crippen LogP contribution < -0.4 is 9.80 Å². The molecular weight excluding hydrogens is 232 g/mol. The van der Waals surface area contributed by atoms with E-state index in [0.717, 1.165) is 35.8 Å². The van der Waals surface area contributed by atoms with E-state index < -0.39 is 0 Å². The minimum absolute atomic E-state index is 1.04. The van der Waals surface area contributed by atoms with Gasteiger partial charge in [-0.1, -0.05) is 0 Å². The Hall–Kier alpha value is -0.0800. The molecular formula is C17H30N2+2. The van der Waals surface area contributed by atoms with Crippen LogP contribution in [0.3, 0.4) is 0 Å². The zero-order valence-corrected chi connectivity index (χ0v) is 12.2. The van der Waals surface area contributed by atoms with E-state index >= 15 is 0 Å². The number of hydrogen-bond donors (Lipinski definition) is 2. The lowest BCUT2D eigenvalue weighted by Gasteiger charge is -2.56. The topological polar surface area (TPSA) is 8.88 Å². The average Bonchev–Trinajstić information content (AvgIpc) is 2.84. The number of hydrogen-bond acceptors (Lipinski definition) is 0. The molecule has 0 aromatic heterocycles. The lowest BCUT2D eigenvalue weighted by molar-refractivity contribution is -1.04. The Balaban J connectivity index is 1.36. The van der Waals surface area contributed by atoms with E-state index in [0.29, 0.717) is 0 Å². The third kappa shape index (κ3) is 1.75. The molecule has 0 spiro atoms. The molecule has 2 heteroatoms. The highest BCUT2D eigenvalue weighted by Gasteiger charge is 2.54. The molecule has 2 saturated heterocycles. The zero-order valence-electron chi connectivity index (χ0n) is 12.2. The van der Waals surface area contributed by atoms with Gasteiger partial charge in [-0.2, -0.15) is 0 Å². The standard InChI is InChI=1S/C17H28N2/c1-2-16-11-19(5-4-18(16)3-1)17-14-7-12-6-13(9-14)10-15(17)8-12/h12-17H,1-11H2/p+2/t12?,13?,14?,15?,16-,17?/m0/s1. The van der Waals surface area contributed by atoms with E-state index in [-0.39, 0.29) is 0 Å². The number of piperazine rings is 1. The van der Waals surface area contributed by atoms with Crippen molar-refractivity contribution in [3.05, 3.63) is 0 Å². The van der Waals surface area contributed by atoms with E-state index in [1.54, 1.807) is 32.1 Å². The van der Waals surface area contributed by atoms with E-state index in [4.69, 9.17) is 0 Å². The molecule has 4 saturated carbocycles. The van der Waals surface area contributed by atoms with Crippen LogP contribution in [0.4, 0.5) is 0 Å². The molecule has 4 aliphatic carbocycles. The lowest BCUT2D eigenvalue weighted by Crippen LogP contribution is -3.31. The van der Waals surface area contributed by atoms with Crippen molar-refractivity contribution >= 4 is 0 Å². The van der Waals surface area contributed by atoms with Gasteiger partial charge in [-0.3, -0.25) is 0 Å². The smallest absolute Gasteiger partial charge is 0.137 e. The van der Waals surface area contributed by atoms with Gasteiger partial charge in [0.05, 0.1) is 12.6 Å². The molecule has 6 fully saturated rings. The van der Waals surface area contributed by atoms with Crippen LogP contribution in [0, 0.1) is 23.7 Å². The molecule has 3 atom stereocenters. The third-order valence-electron chi connectivity index (χ3n) is 7.60. The monoisotopic (exact) mass is 262 g/mol. The molecule has 0 radical (unpaired) electrons. The summed E-state index contributed by atoms with van der Waals surface area (Å²) in [6.45, 7) is 6.00. The highest BCUT2D eigenvalue weighted by Crippen LogP contribution is 2.52. The van der Waals surface area contributed by atoms with Crippen molar-refractivity contribution < 1.29 is 9.80 Å². The SMILES string of the molecule is C1C[C@H]2C[NH+](C3C4CC5CC(C4)CC3C5)CC[NH+]2C1. The molecule has 6 aliphatic rings. The normalized spacial score (nSPS) is 59.4. The van der Waals surface area contributed by atoms with Gasteiger partial charge in [-0.15, -0.1) is 0 Å². The Bertz CT molecular complexity index is 338. The lowest BCUT2D eigenvalue weighted by atomic mass is 9.54. The highest BCUT2D eigenvalue weighted by molar-refractivity contribution is 4.98. The second-order valence-electron chi connectivity index (χ2n) is 8.57. The molecule has 2 unspecified atom stereocenters. The van der Waals surface area contributed by atoms with Gasteiger partial charge in [0.15, 0.2) is 0 Å². The van der Waals surface area contributed by atoms with Crippen LogP contribution in [-0.4, -0.2) is 38.3 Å². The second kappa shape index (κ2) is 4.21. The van der Waals surface area contributed by atoms with Crippen LogP contribution in [0.2, 0.25) is 0 Å². The summed E-state index contributed by atoms with van der Waals surface area (Å²) < 4.78 is 0. The minimum atomic E-state index is 1.04. The van der Waals surface area contributed by atoms with E-state index in [2.05, 4.69) is 4.90 Å². The molecule has 2 heterocycles. The summed E-state index contributed by atoms with van der Waals surface area (Å²) in [6.07, 6.45) is 11.1. The molecule has 2 nitrogen and oxygen atoms in total. The van der Waals surface area contributed by atoms with Gasteiger partial charge >= 0.3 is 0 Å². The van der Waals surface area contributed by atoms with Crippen molar-refractivity contribution in [2.45, 2.75) is 57.0 Å². The molecule has 19 heavy (non-hydrogen) atoms. The van der Waals surface area contributed by atoms with Crippen molar-refractivity contribution in [1.82, 2.24) is 0 Å². The quantitative estimate of drug-likeness (QED) is 0.645. The van der Waals surface area contributed by atoms with Crippen LogP contribution in [0.5, 0.6) is 0 Å². The molecule has 106 valence electrons. The van der Waals surface area contributed by atoms with Gasteiger partial charge in [-0.05, 0) is 43.9 Å². The first-order valence-electron chi connectivity index (χ1n) is 9.06. The van der Waals surface area contributed by atoms with Crippen LogP contribution in [0.25, 0.3) is 0 Å². The van der Waals surface area contributed by atoms with Crippen molar-refractivity contribution in [3.8, 4) is 0 Å². The summed E-state index contributed by atoms with van der Waals surface area (Å²) in [5.74, 6) is 4.57. The fraction of sp³-hybridized carbons (Fsp3) is 1.00. The molecule has 0 aromatic rings. The van der Waals surface area contributed by atoms with Gasteiger partial charge in [-0.25, -0.2) is 0 Å². The van der Waals surface area contributed by atoms with E-state index in [1.165, 1.54) is 39.0 Å². The van der Waals surface area contributed by atoms with Crippen LogP contribution in [0.1, 0.15) is 44.9 Å². The van der Waals surface area contributed by atoms with Gasteiger partial charge < -0.3 is 9.80 Å². The number of rotatable bonds is 1. The second-order valence-corrected chi connectivity index (χ2v) is 8.57. The molecule has 2 N–H and O–H groups in total. The molecule has 0 amide bonds. The van der Waals surface area contributed by atoms with Crippen molar-refractivity contribution in [3.63, 3.8) is 0 Å². The fourth-order valence-corrected chi connectivity index (χ4v) is 7.19. The first-order valence-corrected chi connectivity index (χ1v) is 9.06. The summed E-state index contributed by atoms with van der Waals surface area (Å²) in [7, 11) is 0. The number of quaternary nitrogens is 2. The maximum absolute atomic E-state index is 2.06. The Morgan fingerprint density at radius 2 is 1.37 bits per heavy atom. The fourth-order valence-electron chi connectivity index (χ4n) is 7.19. The largest absolute Gasteiger partial charge is 0.323 e. The Labute approximate surface area is 117 Å². The van der Waals surface area contributed by atoms with Gasteiger partial charge in [0, 0.05) is 24.7 Å². The predicted molar refractivity (Wildman–Crippen MR) is 75.2 cm³/mol. The molecule has 0 aromatic carbocycles. The Kier molecular flexibility index (Phi) is 2.56. The minimum Gasteiger partial charge on any atom is -0.323 e. The summed E-state index contributed by atoms with van der Waals surface area (Å²) in [5.41, 5.74) is 0. The maximum atomic E-state index is 2.06. The highest BCUT2D eigenvalue weighted by atomic mass is 15.3. The summed E-state index contributed by atoms with van der Waals surface area (Å²) in [6, 6.07) is 2.14. The van der Waals surface area contributed by atoms with Crippen LogP contribution >= 0.6 is 0 Å². The molecule has 2 aliphatic heterocycles. The van der Waals surface area contributed by atoms with Gasteiger partial charge in [0.2, 0.25) is 0 Å². The van der Waals surface area contributed by atoms with E-state index in [9.17, 15) is 0 Å². The van der Waals surface area contributed by atoms with Gasteiger partial charge in [0.25, 0.3) is 0 Å². The first-order chi connectivity index (χ1) is 9.37. The van der Waals surface area contributed by atoms with Gasteiger partial charge in [0.1, 0.15) is 25.7 Å². The number of nitrogens with one attached hydrogen (secondary N) is 2. The summed E-state index contributed by atoms with van der Waals surface area (Å²) in [5, 5.41) is 0. The third-order valence-corrected chi connectivity index (χ3v) is 7.60. The Morgan fingerprint density at radius 1 is 0.684 bits per heavy atom. The molecule has 6 rings (SSSR count). The van der Waals surface area contributed by atoms with E-state index in [1.807, 2.05) is 4.90 Å². The number of fused-ring (bicyclic) bond motifs is 1. The van der Waals surface area contributed by atoms with Crippen LogP contribution in [-0.2, 0) is 0 Å². The summed E-state index contributed by atoms with van der Waals surface area (Å²) in [4.78, 5) is 4.03. The summed E-state index contributed by atoms with van der Waals surface area (Å²) >= 11 is 0. The predicted octanol–water partition coefficient (Wildman–Crippen LogP) is -0.243. The maximum Gasteiger partial charge on any atom is 0.137 e. The average molecular weight is 262 g/mol. The van der Waals surface area contributed by atoms with Crippen molar-refractivity contribution in [2.75, 3.05) is 26.2 Å². The molecule has 4 bridgehead atoms. The first kappa shape index (κ1) is 11.6. The van der Waals surface area contributed by atoms with Crippen molar-refractivity contribution in [1.29, 1.82) is 0 Å². The van der Waals surface area contributed by atoms with Crippen LogP contribution in [0.15, 0.2) is 0 Å². The zero-order chi connectivity index (χ0) is 12.4. The van der Waals surface area contributed by atoms with Crippen molar-refractivity contribution in [2.24, 2.45) is 23.7 Å². The Morgan fingerprint density at radius 3 is 2.11 bits per heavy atom.